The average molecular weight is 366 g/mol. The minimum absolute atomic E-state index is 0.0404. The van der Waals surface area contributed by atoms with E-state index in [2.05, 4.69) is 24.3 Å². The number of aryl methyl sites for hydroxylation is 1. The van der Waals surface area contributed by atoms with Crippen molar-refractivity contribution in [1.29, 1.82) is 0 Å². The van der Waals surface area contributed by atoms with Crippen molar-refractivity contribution in [2.75, 3.05) is 20.3 Å². The van der Waals surface area contributed by atoms with Crippen LogP contribution in [0.1, 0.15) is 43.1 Å². The van der Waals surface area contributed by atoms with Crippen LogP contribution in [0.3, 0.4) is 0 Å². The molecule has 2 atom stereocenters. The monoisotopic (exact) mass is 366 g/mol. The van der Waals surface area contributed by atoms with Gasteiger partial charge in [-0.05, 0) is 68.0 Å². The molecule has 0 spiro atoms. The summed E-state index contributed by atoms with van der Waals surface area (Å²) in [5.74, 6) is 0.971. The second-order valence-electron chi connectivity index (χ2n) is 7.34. The molecular weight excluding hydrogens is 340 g/mol. The van der Waals surface area contributed by atoms with Crippen LogP contribution in [0.15, 0.2) is 36.4 Å². The van der Waals surface area contributed by atoms with E-state index in [1.165, 1.54) is 0 Å². The summed E-state index contributed by atoms with van der Waals surface area (Å²) in [6, 6.07) is 12.3. The highest BCUT2D eigenvalue weighted by Crippen LogP contribution is 2.35. The Morgan fingerprint density at radius 2 is 1.96 bits per heavy atom. The van der Waals surface area contributed by atoms with Gasteiger partial charge in [0.15, 0.2) is 0 Å². The first-order chi connectivity index (χ1) is 13.2. The number of hydrogen-bond acceptors (Lipinski definition) is 4. The first kappa shape index (κ1) is 18.0. The third kappa shape index (κ3) is 3.69. The zero-order valence-corrected chi connectivity index (χ0v) is 16.0. The Balaban J connectivity index is 1.62. The molecule has 2 aliphatic heterocycles. The SMILES string of the molecule is COc1ccc(-c2cc(C)nc([C@@H]3CCCN3C(=O)[C@H]3CCCO3)c2)cc1. The van der Waals surface area contributed by atoms with Gasteiger partial charge in [-0.2, -0.15) is 0 Å². The maximum atomic E-state index is 12.9. The Bertz CT molecular complexity index is 813. The third-order valence-electron chi connectivity index (χ3n) is 5.48. The van der Waals surface area contributed by atoms with Crippen LogP contribution in [0, 0.1) is 6.92 Å². The van der Waals surface area contributed by atoms with Gasteiger partial charge in [0.05, 0.1) is 18.8 Å². The van der Waals surface area contributed by atoms with Crippen molar-refractivity contribution >= 4 is 5.91 Å². The number of carbonyl (C=O) groups is 1. The van der Waals surface area contributed by atoms with Crippen LogP contribution in [-0.4, -0.2) is 42.2 Å². The molecule has 0 unspecified atom stereocenters. The van der Waals surface area contributed by atoms with Gasteiger partial charge in [-0.15, -0.1) is 0 Å². The number of carbonyl (C=O) groups excluding carboxylic acids is 1. The molecule has 0 radical (unpaired) electrons. The van der Waals surface area contributed by atoms with E-state index in [4.69, 9.17) is 14.5 Å². The summed E-state index contributed by atoms with van der Waals surface area (Å²) in [6.45, 7) is 3.49. The van der Waals surface area contributed by atoms with Crippen LogP contribution in [0.4, 0.5) is 0 Å². The molecule has 2 fully saturated rings. The maximum Gasteiger partial charge on any atom is 0.252 e. The van der Waals surface area contributed by atoms with Crippen LogP contribution in [-0.2, 0) is 9.53 Å². The highest BCUT2D eigenvalue weighted by atomic mass is 16.5. The molecule has 1 amide bonds. The van der Waals surface area contributed by atoms with E-state index in [0.717, 1.165) is 60.5 Å². The smallest absolute Gasteiger partial charge is 0.252 e. The number of hydrogen-bond donors (Lipinski definition) is 0. The van der Waals surface area contributed by atoms with E-state index in [1.807, 2.05) is 24.0 Å². The Morgan fingerprint density at radius 1 is 1.15 bits per heavy atom. The van der Waals surface area contributed by atoms with E-state index >= 15 is 0 Å². The molecule has 0 aliphatic carbocycles. The van der Waals surface area contributed by atoms with Gasteiger partial charge < -0.3 is 14.4 Å². The molecule has 5 nitrogen and oxygen atoms in total. The topological polar surface area (TPSA) is 51.7 Å². The van der Waals surface area contributed by atoms with E-state index in [0.29, 0.717) is 6.61 Å². The average Bonchev–Trinajstić information content (AvgIpc) is 3.39. The Labute approximate surface area is 160 Å². The number of pyridine rings is 1. The lowest BCUT2D eigenvalue weighted by atomic mass is 10.0. The van der Waals surface area contributed by atoms with Gasteiger partial charge >= 0.3 is 0 Å². The lowest BCUT2D eigenvalue weighted by Crippen LogP contribution is -2.38. The molecule has 0 bridgehead atoms. The lowest BCUT2D eigenvalue weighted by Gasteiger charge is -2.27. The Kier molecular flexibility index (Phi) is 5.12. The molecule has 0 N–H and O–H groups in total. The number of amides is 1. The summed E-state index contributed by atoms with van der Waals surface area (Å²) in [7, 11) is 1.67. The van der Waals surface area contributed by atoms with Crippen molar-refractivity contribution in [2.24, 2.45) is 0 Å². The molecule has 5 heteroatoms. The lowest BCUT2D eigenvalue weighted by molar-refractivity contribution is -0.142. The number of ether oxygens (including phenoxy) is 2. The van der Waals surface area contributed by atoms with Crippen molar-refractivity contribution in [1.82, 2.24) is 9.88 Å². The second-order valence-corrected chi connectivity index (χ2v) is 7.34. The molecule has 27 heavy (non-hydrogen) atoms. The van der Waals surface area contributed by atoms with Gasteiger partial charge in [0.25, 0.3) is 5.91 Å². The minimum atomic E-state index is -0.267. The summed E-state index contributed by atoms with van der Waals surface area (Å²) < 4.78 is 10.9. The quantitative estimate of drug-likeness (QED) is 0.823. The number of rotatable bonds is 4. The molecule has 0 saturated carbocycles. The van der Waals surface area contributed by atoms with E-state index in [9.17, 15) is 4.79 Å². The fraction of sp³-hybridized carbons (Fsp3) is 0.455. The molecular formula is C22H26N2O3. The Hall–Kier alpha value is -2.40. The van der Waals surface area contributed by atoms with Gasteiger partial charge in [0.1, 0.15) is 11.9 Å². The van der Waals surface area contributed by atoms with Crippen molar-refractivity contribution in [2.45, 2.75) is 44.8 Å². The fourth-order valence-electron chi connectivity index (χ4n) is 4.11. The third-order valence-corrected chi connectivity index (χ3v) is 5.48. The molecule has 4 rings (SSSR count). The summed E-state index contributed by atoms with van der Waals surface area (Å²) >= 11 is 0. The molecule has 2 aromatic rings. The number of likely N-dealkylation sites (tertiary alicyclic amines) is 1. The molecule has 1 aromatic carbocycles. The molecule has 3 heterocycles. The second kappa shape index (κ2) is 7.69. The fourth-order valence-corrected chi connectivity index (χ4v) is 4.11. The van der Waals surface area contributed by atoms with Gasteiger partial charge in [0, 0.05) is 18.8 Å². The summed E-state index contributed by atoms with van der Waals surface area (Å²) in [4.78, 5) is 19.7. The van der Waals surface area contributed by atoms with Gasteiger partial charge in [-0.1, -0.05) is 12.1 Å². The standard InChI is InChI=1S/C22H26N2O3/c1-15-13-17(16-7-9-18(26-2)10-8-16)14-19(23-15)20-5-3-11-24(20)22(25)21-6-4-12-27-21/h7-10,13-14,20-21H,3-6,11-12H2,1-2H3/t20-,21+/m0/s1. The van der Waals surface area contributed by atoms with Gasteiger partial charge in [-0.3, -0.25) is 9.78 Å². The highest BCUT2D eigenvalue weighted by molar-refractivity contribution is 5.82. The molecule has 142 valence electrons. The van der Waals surface area contributed by atoms with Crippen LogP contribution < -0.4 is 4.74 Å². The summed E-state index contributed by atoms with van der Waals surface area (Å²) in [5, 5.41) is 0. The van der Waals surface area contributed by atoms with Crippen LogP contribution in [0.25, 0.3) is 11.1 Å². The highest BCUT2D eigenvalue weighted by Gasteiger charge is 2.36. The number of benzene rings is 1. The van der Waals surface area contributed by atoms with E-state index < -0.39 is 0 Å². The normalized spacial score (nSPS) is 22.2. The van der Waals surface area contributed by atoms with Crippen LogP contribution in [0.5, 0.6) is 5.75 Å². The maximum absolute atomic E-state index is 12.9. The zero-order chi connectivity index (χ0) is 18.8. The largest absolute Gasteiger partial charge is 0.497 e. The van der Waals surface area contributed by atoms with Crippen LogP contribution in [0.2, 0.25) is 0 Å². The van der Waals surface area contributed by atoms with Crippen molar-refractivity contribution in [3.05, 3.63) is 47.8 Å². The van der Waals surface area contributed by atoms with Gasteiger partial charge in [0.2, 0.25) is 0 Å². The first-order valence-corrected chi connectivity index (χ1v) is 9.71. The molecule has 2 saturated heterocycles. The van der Waals surface area contributed by atoms with Crippen molar-refractivity contribution in [3.63, 3.8) is 0 Å². The number of aromatic nitrogens is 1. The van der Waals surface area contributed by atoms with E-state index in [-0.39, 0.29) is 18.1 Å². The van der Waals surface area contributed by atoms with Crippen molar-refractivity contribution in [3.8, 4) is 16.9 Å². The van der Waals surface area contributed by atoms with Crippen molar-refractivity contribution < 1.29 is 14.3 Å². The predicted molar refractivity (Wildman–Crippen MR) is 104 cm³/mol. The first-order valence-electron chi connectivity index (χ1n) is 9.71. The molecule has 1 aromatic heterocycles. The minimum Gasteiger partial charge on any atom is -0.497 e. The predicted octanol–water partition coefficient (Wildman–Crippen LogP) is 3.91. The number of nitrogens with zero attached hydrogens (tertiary/aromatic N) is 2. The zero-order valence-electron chi connectivity index (χ0n) is 16.0. The Morgan fingerprint density at radius 3 is 2.67 bits per heavy atom. The molecule has 2 aliphatic rings. The number of methoxy groups -OCH3 is 1. The summed E-state index contributed by atoms with van der Waals surface area (Å²) in [5.41, 5.74) is 4.19. The van der Waals surface area contributed by atoms with Crippen LogP contribution >= 0.6 is 0 Å². The summed E-state index contributed by atoms with van der Waals surface area (Å²) in [6.07, 6.45) is 3.50. The van der Waals surface area contributed by atoms with Gasteiger partial charge in [-0.25, -0.2) is 0 Å². The van der Waals surface area contributed by atoms with E-state index in [1.54, 1.807) is 7.11 Å².